The number of nitrogens with two attached hydrogens (primary N) is 1. The molecule has 3 atom stereocenters. The van der Waals surface area contributed by atoms with Gasteiger partial charge in [-0.3, -0.25) is 0 Å². The zero-order valence-electron chi connectivity index (χ0n) is 11.2. The van der Waals surface area contributed by atoms with Gasteiger partial charge in [-0.1, -0.05) is 6.92 Å². The van der Waals surface area contributed by atoms with Gasteiger partial charge in [0.15, 0.2) is 0 Å². The summed E-state index contributed by atoms with van der Waals surface area (Å²) in [5.41, 5.74) is 6.41. The summed E-state index contributed by atoms with van der Waals surface area (Å²) < 4.78 is 2.09. The van der Waals surface area contributed by atoms with Crippen molar-refractivity contribution < 1.29 is 0 Å². The molecule has 5 heteroatoms. The van der Waals surface area contributed by atoms with E-state index in [9.17, 15) is 0 Å². The Morgan fingerprint density at radius 1 is 1.50 bits per heavy atom. The second kappa shape index (κ2) is 6.87. The van der Waals surface area contributed by atoms with E-state index in [1.54, 1.807) is 0 Å². The highest BCUT2D eigenvalue weighted by atomic mass is 32.2. The summed E-state index contributed by atoms with van der Waals surface area (Å²) in [6, 6.07) is 0.296. The van der Waals surface area contributed by atoms with Crippen LogP contribution in [0, 0.1) is 0 Å². The molecule has 0 bridgehead atoms. The lowest BCUT2D eigenvalue weighted by molar-refractivity contribution is 0.549. The van der Waals surface area contributed by atoms with E-state index in [2.05, 4.69) is 40.0 Å². The van der Waals surface area contributed by atoms with Crippen LogP contribution in [0.3, 0.4) is 0 Å². The van der Waals surface area contributed by atoms with Crippen LogP contribution in [-0.2, 0) is 13.5 Å². The first-order chi connectivity index (χ1) is 8.72. The van der Waals surface area contributed by atoms with E-state index < -0.39 is 0 Å². The second-order valence-electron chi connectivity index (χ2n) is 4.81. The molecule has 2 rings (SSSR count). The van der Waals surface area contributed by atoms with E-state index in [0.717, 1.165) is 23.9 Å². The predicted molar refractivity (Wildman–Crippen MR) is 82.3 cm³/mol. The van der Waals surface area contributed by atoms with Crippen LogP contribution >= 0.6 is 23.5 Å². The minimum absolute atomic E-state index is 0.296. The summed E-state index contributed by atoms with van der Waals surface area (Å²) in [5.74, 6) is 3.68. The van der Waals surface area contributed by atoms with Crippen LogP contribution in [0.25, 0.3) is 0 Å². The molecule has 1 aromatic rings. The Bertz CT molecular complexity index is 367. The maximum absolute atomic E-state index is 6.41. The highest BCUT2D eigenvalue weighted by molar-refractivity contribution is 8.07. The van der Waals surface area contributed by atoms with E-state index in [1.165, 1.54) is 17.9 Å². The zero-order valence-corrected chi connectivity index (χ0v) is 12.8. The average Bonchev–Trinajstić information content (AvgIpc) is 2.81. The molecule has 3 unspecified atom stereocenters. The Labute approximate surface area is 118 Å². The van der Waals surface area contributed by atoms with Crippen molar-refractivity contribution in [3.8, 4) is 0 Å². The molecule has 1 aliphatic heterocycles. The average molecular weight is 285 g/mol. The molecule has 0 aliphatic carbocycles. The molecular formula is C13H23N3S2. The summed E-state index contributed by atoms with van der Waals surface area (Å²) in [4.78, 5) is 4.37. The van der Waals surface area contributed by atoms with Crippen LogP contribution in [-0.4, -0.2) is 37.6 Å². The highest BCUT2D eigenvalue weighted by Crippen LogP contribution is 2.35. The summed E-state index contributed by atoms with van der Waals surface area (Å²) in [6.45, 7) is 2.28. The largest absolute Gasteiger partial charge is 0.338 e. The highest BCUT2D eigenvalue weighted by Gasteiger charge is 2.29. The van der Waals surface area contributed by atoms with Gasteiger partial charge in [-0.05, 0) is 12.8 Å². The third-order valence-corrected chi connectivity index (χ3v) is 6.97. The minimum atomic E-state index is 0.296. The fourth-order valence-corrected chi connectivity index (χ4v) is 5.67. The van der Waals surface area contributed by atoms with Crippen molar-refractivity contribution in [1.82, 2.24) is 9.55 Å². The summed E-state index contributed by atoms with van der Waals surface area (Å²) >= 11 is 4.18. The molecule has 1 aliphatic rings. The van der Waals surface area contributed by atoms with Gasteiger partial charge in [0, 0.05) is 53.9 Å². The number of thioether (sulfide) groups is 2. The second-order valence-corrected chi connectivity index (χ2v) is 7.44. The number of imidazole rings is 1. The van der Waals surface area contributed by atoms with Gasteiger partial charge in [0.25, 0.3) is 0 Å². The number of nitrogens with zero attached hydrogens (tertiary/aromatic N) is 2. The number of hydrogen-bond acceptors (Lipinski definition) is 4. The predicted octanol–water partition coefficient (Wildman–Crippen LogP) is 2.31. The van der Waals surface area contributed by atoms with E-state index >= 15 is 0 Å². The van der Waals surface area contributed by atoms with Crippen molar-refractivity contribution in [3.05, 3.63) is 18.2 Å². The molecule has 1 saturated heterocycles. The standard InChI is InChI=1S/C13H23N3S2/c1-3-11-13(18-9-8-17-11)10(14)4-5-12-15-6-7-16(12)2/h6-7,10-11,13H,3-5,8-9,14H2,1-2H3. The molecule has 0 radical (unpaired) electrons. The van der Waals surface area contributed by atoms with Crippen LogP contribution in [0.15, 0.2) is 12.4 Å². The molecular weight excluding hydrogens is 262 g/mol. The molecule has 1 fully saturated rings. The van der Waals surface area contributed by atoms with Gasteiger partial charge >= 0.3 is 0 Å². The van der Waals surface area contributed by atoms with Crippen molar-refractivity contribution in [2.75, 3.05) is 11.5 Å². The molecule has 2 N–H and O–H groups in total. The van der Waals surface area contributed by atoms with Gasteiger partial charge in [-0.15, -0.1) is 0 Å². The summed E-state index contributed by atoms with van der Waals surface area (Å²) in [6.07, 6.45) is 7.13. The van der Waals surface area contributed by atoms with Gasteiger partial charge in [0.2, 0.25) is 0 Å². The minimum Gasteiger partial charge on any atom is -0.338 e. The van der Waals surface area contributed by atoms with Crippen LogP contribution < -0.4 is 5.73 Å². The number of rotatable bonds is 5. The van der Waals surface area contributed by atoms with Crippen molar-refractivity contribution >= 4 is 23.5 Å². The van der Waals surface area contributed by atoms with Crippen molar-refractivity contribution in [2.45, 2.75) is 42.7 Å². The van der Waals surface area contributed by atoms with Gasteiger partial charge in [0.05, 0.1) is 0 Å². The van der Waals surface area contributed by atoms with Crippen LogP contribution in [0.1, 0.15) is 25.6 Å². The first kappa shape index (κ1) is 14.3. The number of hydrogen-bond donors (Lipinski definition) is 1. The Morgan fingerprint density at radius 3 is 2.94 bits per heavy atom. The Morgan fingerprint density at radius 2 is 2.28 bits per heavy atom. The third-order valence-electron chi connectivity index (χ3n) is 3.54. The Kier molecular flexibility index (Phi) is 5.45. The van der Waals surface area contributed by atoms with Crippen LogP contribution in [0.2, 0.25) is 0 Å². The normalized spacial score (nSPS) is 26.2. The summed E-state index contributed by atoms with van der Waals surface area (Å²) in [7, 11) is 2.05. The van der Waals surface area contributed by atoms with E-state index in [-0.39, 0.29) is 0 Å². The topological polar surface area (TPSA) is 43.8 Å². The molecule has 0 spiro atoms. The number of aryl methyl sites for hydroxylation is 2. The fourth-order valence-electron chi connectivity index (χ4n) is 2.43. The van der Waals surface area contributed by atoms with Crippen LogP contribution in [0.5, 0.6) is 0 Å². The SMILES string of the molecule is CCC1SCCSC1C(N)CCc1nccn1C. The van der Waals surface area contributed by atoms with E-state index in [1.807, 2.05) is 19.4 Å². The monoisotopic (exact) mass is 285 g/mol. The van der Waals surface area contributed by atoms with Crippen molar-refractivity contribution in [2.24, 2.45) is 12.8 Å². The lowest BCUT2D eigenvalue weighted by Crippen LogP contribution is -2.42. The molecule has 3 nitrogen and oxygen atoms in total. The maximum atomic E-state index is 6.41. The maximum Gasteiger partial charge on any atom is 0.108 e. The summed E-state index contributed by atoms with van der Waals surface area (Å²) in [5, 5.41) is 1.36. The quantitative estimate of drug-likeness (QED) is 0.901. The first-order valence-electron chi connectivity index (χ1n) is 6.67. The van der Waals surface area contributed by atoms with Gasteiger partial charge in [-0.25, -0.2) is 4.98 Å². The van der Waals surface area contributed by atoms with Gasteiger partial charge < -0.3 is 10.3 Å². The molecule has 2 heterocycles. The van der Waals surface area contributed by atoms with E-state index in [0.29, 0.717) is 11.3 Å². The lowest BCUT2D eigenvalue weighted by Gasteiger charge is -2.34. The van der Waals surface area contributed by atoms with Gasteiger partial charge in [0.1, 0.15) is 5.82 Å². The third kappa shape index (κ3) is 3.45. The molecule has 102 valence electrons. The van der Waals surface area contributed by atoms with E-state index in [4.69, 9.17) is 5.73 Å². The molecule has 0 amide bonds. The fraction of sp³-hybridized carbons (Fsp3) is 0.769. The van der Waals surface area contributed by atoms with Gasteiger partial charge in [-0.2, -0.15) is 23.5 Å². The van der Waals surface area contributed by atoms with Crippen molar-refractivity contribution in [1.29, 1.82) is 0 Å². The Hall–Kier alpha value is -0.130. The molecule has 18 heavy (non-hydrogen) atoms. The number of aromatic nitrogens is 2. The molecule has 0 aromatic carbocycles. The molecule has 1 aromatic heterocycles. The zero-order chi connectivity index (χ0) is 13.0. The smallest absolute Gasteiger partial charge is 0.108 e. The first-order valence-corrected chi connectivity index (χ1v) is 8.77. The molecule has 0 saturated carbocycles. The van der Waals surface area contributed by atoms with Crippen molar-refractivity contribution in [3.63, 3.8) is 0 Å². The Balaban J connectivity index is 1.86. The van der Waals surface area contributed by atoms with Crippen LogP contribution in [0.4, 0.5) is 0 Å². The lowest BCUT2D eigenvalue weighted by atomic mass is 10.0.